The third-order valence-electron chi connectivity index (χ3n) is 2.98. The van der Waals surface area contributed by atoms with E-state index in [1.54, 1.807) is 6.07 Å². The number of methoxy groups -OCH3 is 1. The van der Waals surface area contributed by atoms with Gasteiger partial charge in [-0.2, -0.15) is 13.2 Å². The van der Waals surface area contributed by atoms with Crippen LogP contribution in [0.1, 0.15) is 5.56 Å². The summed E-state index contributed by atoms with van der Waals surface area (Å²) >= 11 is 1.82. The summed E-state index contributed by atoms with van der Waals surface area (Å²) in [5.41, 5.74) is -1.20. The van der Waals surface area contributed by atoms with E-state index in [0.717, 1.165) is 24.3 Å². The molecule has 2 amide bonds. The average Bonchev–Trinajstić information content (AvgIpc) is 2.50. The highest BCUT2D eigenvalue weighted by Crippen LogP contribution is 2.35. The van der Waals surface area contributed by atoms with E-state index in [1.807, 2.05) is 22.6 Å². The van der Waals surface area contributed by atoms with Gasteiger partial charge in [-0.25, -0.2) is 9.18 Å². The summed E-state index contributed by atoms with van der Waals surface area (Å²) in [5.74, 6) is -0.616. The van der Waals surface area contributed by atoms with Crippen LogP contribution in [0.3, 0.4) is 0 Å². The lowest BCUT2D eigenvalue weighted by Gasteiger charge is -2.14. The van der Waals surface area contributed by atoms with Crippen molar-refractivity contribution in [2.24, 2.45) is 0 Å². The van der Waals surface area contributed by atoms with Gasteiger partial charge in [0.2, 0.25) is 0 Å². The van der Waals surface area contributed by atoms with E-state index < -0.39 is 23.6 Å². The van der Waals surface area contributed by atoms with Crippen LogP contribution in [0.15, 0.2) is 36.4 Å². The van der Waals surface area contributed by atoms with E-state index >= 15 is 0 Å². The summed E-state index contributed by atoms with van der Waals surface area (Å²) in [6, 6.07) is 5.97. The van der Waals surface area contributed by atoms with Gasteiger partial charge in [0.15, 0.2) is 0 Å². The maximum absolute atomic E-state index is 13.7. The van der Waals surface area contributed by atoms with Crippen molar-refractivity contribution in [3.63, 3.8) is 0 Å². The zero-order valence-corrected chi connectivity index (χ0v) is 14.3. The lowest BCUT2D eigenvalue weighted by atomic mass is 10.2. The summed E-state index contributed by atoms with van der Waals surface area (Å²) in [4.78, 5) is 12.0. The Labute approximate surface area is 148 Å². The van der Waals surface area contributed by atoms with E-state index in [1.165, 1.54) is 13.2 Å². The number of hydrogen-bond donors (Lipinski definition) is 2. The third kappa shape index (κ3) is 4.28. The zero-order chi connectivity index (χ0) is 17.9. The van der Waals surface area contributed by atoms with E-state index in [0.29, 0.717) is 3.57 Å². The van der Waals surface area contributed by atoms with Crippen LogP contribution in [0.4, 0.5) is 33.7 Å². The molecule has 0 unspecified atom stereocenters. The van der Waals surface area contributed by atoms with Crippen LogP contribution >= 0.6 is 22.6 Å². The number of halogens is 5. The highest BCUT2D eigenvalue weighted by atomic mass is 127. The van der Waals surface area contributed by atoms with Gasteiger partial charge in [0, 0.05) is 3.57 Å². The Morgan fingerprint density at radius 1 is 1.17 bits per heavy atom. The number of nitrogens with one attached hydrogen (secondary N) is 2. The van der Waals surface area contributed by atoms with Gasteiger partial charge >= 0.3 is 12.2 Å². The molecule has 0 atom stereocenters. The monoisotopic (exact) mass is 454 g/mol. The topological polar surface area (TPSA) is 50.4 Å². The molecule has 24 heavy (non-hydrogen) atoms. The molecule has 0 saturated carbocycles. The SMILES string of the molecule is COc1ccc(C(F)(F)F)cc1NC(=O)Nc1c(F)cccc1I. The minimum Gasteiger partial charge on any atom is -0.495 e. The van der Waals surface area contributed by atoms with E-state index in [2.05, 4.69) is 10.6 Å². The molecular formula is C15H11F4IN2O2. The van der Waals surface area contributed by atoms with E-state index in [-0.39, 0.29) is 17.1 Å². The highest BCUT2D eigenvalue weighted by Gasteiger charge is 2.31. The third-order valence-corrected chi connectivity index (χ3v) is 3.88. The van der Waals surface area contributed by atoms with Gasteiger partial charge in [0.05, 0.1) is 24.0 Å². The van der Waals surface area contributed by atoms with Gasteiger partial charge < -0.3 is 15.4 Å². The molecule has 0 radical (unpaired) electrons. The average molecular weight is 454 g/mol. The number of benzene rings is 2. The summed E-state index contributed by atoms with van der Waals surface area (Å²) < 4.78 is 57.4. The normalized spacial score (nSPS) is 11.1. The quantitative estimate of drug-likeness (QED) is 0.501. The summed E-state index contributed by atoms with van der Waals surface area (Å²) in [6.45, 7) is 0. The lowest BCUT2D eigenvalue weighted by Crippen LogP contribution is -2.21. The molecule has 0 spiro atoms. The van der Waals surface area contributed by atoms with E-state index in [9.17, 15) is 22.4 Å². The maximum Gasteiger partial charge on any atom is 0.416 e. The number of para-hydroxylation sites is 1. The second kappa shape index (κ2) is 7.24. The predicted molar refractivity (Wildman–Crippen MR) is 89.8 cm³/mol. The van der Waals surface area contributed by atoms with Crippen LogP contribution in [0.2, 0.25) is 0 Å². The smallest absolute Gasteiger partial charge is 0.416 e. The molecule has 0 aliphatic rings. The van der Waals surface area contributed by atoms with E-state index in [4.69, 9.17) is 4.74 Å². The van der Waals surface area contributed by atoms with Crippen LogP contribution in [-0.4, -0.2) is 13.1 Å². The maximum atomic E-state index is 13.7. The second-order valence-electron chi connectivity index (χ2n) is 4.59. The Morgan fingerprint density at radius 3 is 2.46 bits per heavy atom. The van der Waals surface area contributed by atoms with Crippen molar-refractivity contribution in [1.82, 2.24) is 0 Å². The number of hydrogen-bond acceptors (Lipinski definition) is 2. The number of rotatable bonds is 3. The molecule has 0 aromatic heterocycles. The minimum absolute atomic E-state index is 0.0429. The van der Waals surface area contributed by atoms with Crippen LogP contribution < -0.4 is 15.4 Å². The molecule has 9 heteroatoms. The number of carbonyl (C=O) groups is 1. The van der Waals surface area contributed by atoms with Gasteiger partial charge in [-0.05, 0) is 52.9 Å². The Kier molecular flexibility index (Phi) is 5.52. The number of anilines is 2. The number of alkyl halides is 3. The standard InChI is InChI=1S/C15H11F4IN2O2/c1-24-12-6-5-8(15(17,18)19)7-11(12)21-14(23)22-13-9(16)3-2-4-10(13)20/h2-7H,1H3,(H2,21,22,23). The first kappa shape index (κ1) is 18.3. The van der Waals surface area contributed by atoms with Gasteiger partial charge in [-0.3, -0.25) is 0 Å². The fourth-order valence-corrected chi connectivity index (χ4v) is 2.47. The fraction of sp³-hybridized carbons (Fsp3) is 0.133. The Hall–Kier alpha value is -2.04. The molecular weight excluding hydrogens is 443 g/mol. The van der Waals surface area contributed by atoms with Crippen molar-refractivity contribution in [2.75, 3.05) is 17.7 Å². The highest BCUT2D eigenvalue weighted by molar-refractivity contribution is 14.1. The van der Waals surface area contributed by atoms with Crippen molar-refractivity contribution in [3.8, 4) is 5.75 Å². The largest absolute Gasteiger partial charge is 0.495 e. The summed E-state index contributed by atoms with van der Waals surface area (Å²) in [5, 5.41) is 4.50. The first-order chi connectivity index (χ1) is 11.2. The fourth-order valence-electron chi connectivity index (χ4n) is 1.87. The summed E-state index contributed by atoms with van der Waals surface area (Å²) in [6.07, 6.45) is -4.57. The van der Waals surface area contributed by atoms with Crippen LogP contribution in [0, 0.1) is 9.39 Å². The number of urea groups is 1. The predicted octanol–water partition coefficient (Wildman–Crippen LogP) is 5.10. The minimum atomic E-state index is -4.57. The second-order valence-corrected chi connectivity index (χ2v) is 5.75. The Balaban J connectivity index is 2.25. The molecule has 128 valence electrons. The molecule has 0 aliphatic carbocycles. The first-order valence-corrected chi connectivity index (χ1v) is 7.57. The molecule has 2 aromatic carbocycles. The Morgan fingerprint density at radius 2 is 1.88 bits per heavy atom. The van der Waals surface area contributed by atoms with Crippen molar-refractivity contribution in [1.29, 1.82) is 0 Å². The number of ether oxygens (including phenoxy) is 1. The molecule has 0 heterocycles. The molecule has 0 bridgehead atoms. The van der Waals surface area contributed by atoms with Gasteiger partial charge in [0.1, 0.15) is 11.6 Å². The Bertz CT molecular complexity index is 745. The van der Waals surface area contributed by atoms with Crippen LogP contribution in [0.25, 0.3) is 0 Å². The molecule has 2 aromatic rings. The van der Waals surface area contributed by atoms with Crippen LogP contribution in [-0.2, 0) is 6.18 Å². The van der Waals surface area contributed by atoms with Gasteiger partial charge in [-0.1, -0.05) is 6.07 Å². The van der Waals surface area contributed by atoms with Crippen molar-refractivity contribution in [3.05, 3.63) is 51.3 Å². The summed E-state index contributed by atoms with van der Waals surface area (Å²) in [7, 11) is 1.26. The number of amides is 2. The van der Waals surface area contributed by atoms with Crippen LogP contribution in [0.5, 0.6) is 5.75 Å². The number of carbonyl (C=O) groups excluding carboxylic acids is 1. The molecule has 0 aliphatic heterocycles. The molecule has 2 N–H and O–H groups in total. The van der Waals surface area contributed by atoms with Gasteiger partial charge in [0.25, 0.3) is 0 Å². The molecule has 4 nitrogen and oxygen atoms in total. The first-order valence-electron chi connectivity index (χ1n) is 6.49. The van der Waals surface area contributed by atoms with Crippen molar-refractivity contribution < 1.29 is 27.1 Å². The van der Waals surface area contributed by atoms with Crippen molar-refractivity contribution >= 4 is 40.0 Å². The van der Waals surface area contributed by atoms with Gasteiger partial charge in [-0.15, -0.1) is 0 Å². The zero-order valence-electron chi connectivity index (χ0n) is 12.2. The molecule has 0 fully saturated rings. The molecule has 2 rings (SSSR count). The molecule has 0 saturated heterocycles. The lowest BCUT2D eigenvalue weighted by molar-refractivity contribution is -0.137. The van der Waals surface area contributed by atoms with Crippen molar-refractivity contribution in [2.45, 2.75) is 6.18 Å².